The van der Waals surface area contributed by atoms with E-state index in [4.69, 9.17) is 0 Å². The Morgan fingerprint density at radius 2 is 1.81 bits per heavy atom. The molecule has 4 heteroatoms. The Hall–Kier alpha value is -1.00. The lowest BCUT2D eigenvalue weighted by Gasteiger charge is -2.24. The molecule has 0 aliphatic heterocycles. The van der Waals surface area contributed by atoms with E-state index in [0.29, 0.717) is 17.8 Å². The first kappa shape index (κ1) is 18.1. The van der Waals surface area contributed by atoms with Crippen LogP contribution in [0, 0.1) is 0 Å². The van der Waals surface area contributed by atoms with E-state index in [9.17, 15) is 4.79 Å². The summed E-state index contributed by atoms with van der Waals surface area (Å²) in [5.41, 5.74) is 0.732. The van der Waals surface area contributed by atoms with Crippen molar-refractivity contribution >= 4 is 17.7 Å². The highest BCUT2D eigenvalue weighted by Crippen LogP contribution is 2.22. The number of thioether (sulfide) groups is 1. The summed E-state index contributed by atoms with van der Waals surface area (Å²) in [5, 5.41) is 3.55. The minimum Gasteiger partial charge on any atom is -0.351 e. The molecule has 3 nitrogen and oxygen atoms in total. The van der Waals surface area contributed by atoms with Gasteiger partial charge in [-0.15, -0.1) is 11.8 Å². The van der Waals surface area contributed by atoms with E-state index < -0.39 is 0 Å². The molecule has 21 heavy (non-hydrogen) atoms. The van der Waals surface area contributed by atoms with Crippen LogP contribution < -0.4 is 5.32 Å². The van der Waals surface area contributed by atoms with Crippen molar-refractivity contribution in [3.05, 3.63) is 29.8 Å². The Bertz CT molecular complexity index is 429. The fourth-order valence-electron chi connectivity index (χ4n) is 2.15. The van der Waals surface area contributed by atoms with Crippen molar-refractivity contribution in [3.63, 3.8) is 0 Å². The van der Waals surface area contributed by atoms with Crippen molar-refractivity contribution in [2.45, 2.75) is 50.8 Å². The predicted octanol–water partition coefficient (Wildman–Crippen LogP) is 3.65. The molecule has 0 radical (unpaired) electrons. The molecular weight excluding hydrogens is 280 g/mol. The molecule has 0 heterocycles. The largest absolute Gasteiger partial charge is 0.351 e. The van der Waals surface area contributed by atoms with Crippen LogP contribution in [0.4, 0.5) is 0 Å². The first-order valence-electron chi connectivity index (χ1n) is 7.73. The molecule has 0 unspecified atom stereocenters. The molecule has 0 aliphatic rings. The quantitative estimate of drug-likeness (QED) is 0.744. The third kappa shape index (κ3) is 6.53. The molecule has 0 bridgehead atoms. The molecule has 0 atom stereocenters. The second-order valence-electron chi connectivity index (χ2n) is 5.67. The monoisotopic (exact) mass is 308 g/mol. The van der Waals surface area contributed by atoms with Gasteiger partial charge in [0, 0.05) is 34.8 Å². The standard InChI is InChI=1S/C17H28N2OS/c1-6-19(13(2)3)12-11-18-17(20)15-7-9-16(10-8-15)21-14(4)5/h7-10,13-14H,6,11-12H2,1-5H3,(H,18,20). The van der Waals surface area contributed by atoms with E-state index in [1.54, 1.807) is 0 Å². The number of nitrogens with zero attached hydrogens (tertiary/aromatic N) is 1. The predicted molar refractivity (Wildman–Crippen MR) is 92.2 cm³/mol. The summed E-state index contributed by atoms with van der Waals surface area (Å²) in [6, 6.07) is 8.36. The molecule has 1 amide bonds. The van der Waals surface area contributed by atoms with Gasteiger partial charge in [-0.2, -0.15) is 0 Å². The molecule has 0 spiro atoms. The van der Waals surface area contributed by atoms with Crippen LogP contribution in [0.5, 0.6) is 0 Å². The second-order valence-corrected chi connectivity index (χ2v) is 7.32. The van der Waals surface area contributed by atoms with Gasteiger partial charge in [0.2, 0.25) is 0 Å². The van der Waals surface area contributed by atoms with Gasteiger partial charge in [-0.25, -0.2) is 0 Å². The fraction of sp³-hybridized carbons (Fsp3) is 0.588. The Morgan fingerprint density at radius 1 is 1.19 bits per heavy atom. The molecule has 0 fully saturated rings. The Morgan fingerprint density at radius 3 is 2.29 bits per heavy atom. The van der Waals surface area contributed by atoms with E-state index >= 15 is 0 Å². The summed E-state index contributed by atoms with van der Waals surface area (Å²) in [5.74, 6) is 0.0101. The average molecular weight is 308 g/mol. The SMILES string of the molecule is CCN(CCNC(=O)c1ccc(SC(C)C)cc1)C(C)C. The molecule has 0 saturated carbocycles. The molecular formula is C17H28N2OS. The average Bonchev–Trinajstić information content (AvgIpc) is 2.43. The van der Waals surface area contributed by atoms with E-state index in [1.165, 1.54) is 4.90 Å². The van der Waals surface area contributed by atoms with Gasteiger partial charge in [-0.05, 0) is 44.7 Å². The molecule has 1 rings (SSSR count). The van der Waals surface area contributed by atoms with Gasteiger partial charge in [-0.1, -0.05) is 20.8 Å². The van der Waals surface area contributed by atoms with Crippen LogP contribution in [0.25, 0.3) is 0 Å². The highest BCUT2D eigenvalue weighted by molar-refractivity contribution is 7.99. The van der Waals surface area contributed by atoms with Crippen molar-refractivity contribution in [1.82, 2.24) is 10.2 Å². The summed E-state index contributed by atoms with van der Waals surface area (Å²) in [4.78, 5) is 15.6. The third-order valence-electron chi connectivity index (χ3n) is 3.31. The van der Waals surface area contributed by atoms with Gasteiger partial charge >= 0.3 is 0 Å². The van der Waals surface area contributed by atoms with Crippen LogP contribution in [0.15, 0.2) is 29.2 Å². The van der Waals surface area contributed by atoms with Crippen LogP contribution in [0.2, 0.25) is 0 Å². The smallest absolute Gasteiger partial charge is 0.251 e. The van der Waals surface area contributed by atoms with E-state index in [2.05, 4.69) is 44.8 Å². The number of hydrogen-bond donors (Lipinski definition) is 1. The Labute approximate surface area is 133 Å². The number of carbonyl (C=O) groups excluding carboxylic acids is 1. The number of rotatable bonds is 8. The molecule has 118 valence electrons. The molecule has 0 aromatic heterocycles. The van der Waals surface area contributed by atoms with Crippen LogP contribution in [-0.4, -0.2) is 41.7 Å². The maximum absolute atomic E-state index is 12.1. The van der Waals surface area contributed by atoms with E-state index in [-0.39, 0.29) is 5.91 Å². The zero-order chi connectivity index (χ0) is 15.8. The molecule has 0 aliphatic carbocycles. The lowest BCUT2D eigenvalue weighted by Crippen LogP contribution is -2.38. The van der Waals surface area contributed by atoms with Gasteiger partial charge in [-0.3, -0.25) is 9.69 Å². The first-order chi connectivity index (χ1) is 9.93. The van der Waals surface area contributed by atoms with Crippen molar-refractivity contribution in [3.8, 4) is 0 Å². The summed E-state index contributed by atoms with van der Waals surface area (Å²) in [6.07, 6.45) is 0. The third-order valence-corrected chi connectivity index (χ3v) is 4.33. The molecule has 1 aromatic rings. The van der Waals surface area contributed by atoms with Crippen molar-refractivity contribution in [2.75, 3.05) is 19.6 Å². The number of benzene rings is 1. The Kier molecular flexibility index (Phi) is 7.83. The highest BCUT2D eigenvalue weighted by atomic mass is 32.2. The molecule has 1 aromatic carbocycles. The zero-order valence-electron chi connectivity index (χ0n) is 13.8. The normalized spacial score (nSPS) is 11.4. The Balaban J connectivity index is 2.45. The highest BCUT2D eigenvalue weighted by Gasteiger charge is 2.09. The maximum Gasteiger partial charge on any atom is 0.251 e. The van der Waals surface area contributed by atoms with Crippen LogP contribution in [0.1, 0.15) is 45.0 Å². The number of nitrogens with one attached hydrogen (secondary N) is 1. The minimum absolute atomic E-state index is 0.0101. The van der Waals surface area contributed by atoms with Gasteiger partial charge in [0.05, 0.1) is 0 Å². The van der Waals surface area contributed by atoms with Crippen LogP contribution in [-0.2, 0) is 0 Å². The molecule has 1 N–H and O–H groups in total. The summed E-state index contributed by atoms with van der Waals surface area (Å²) in [7, 11) is 0. The van der Waals surface area contributed by atoms with Crippen molar-refractivity contribution in [1.29, 1.82) is 0 Å². The summed E-state index contributed by atoms with van der Waals surface area (Å²) < 4.78 is 0. The van der Waals surface area contributed by atoms with Gasteiger partial charge in [0.25, 0.3) is 5.91 Å². The van der Waals surface area contributed by atoms with Gasteiger partial charge < -0.3 is 5.32 Å². The lowest BCUT2D eigenvalue weighted by atomic mass is 10.2. The summed E-state index contributed by atoms with van der Waals surface area (Å²) in [6.45, 7) is 13.4. The number of amides is 1. The minimum atomic E-state index is 0.0101. The van der Waals surface area contributed by atoms with E-state index in [0.717, 1.165) is 18.7 Å². The fourth-order valence-corrected chi connectivity index (χ4v) is 2.99. The molecule has 0 saturated heterocycles. The van der Waals surface area contributed by atoms with Gasteiger partial charge in [0.1, 0.15) is 0 Å². The topological polar surface area (TPSA) is 32.3 Å². The lowest BCUT2D eigenvalue weighted by molar-refractivity contribution is 0.0946. The number of hydrogen-bond acceptors (Lipinski definition) is 3. The van der Waals surface area contributed by atoms with Crippen molar-refractivity contribution < 1.29 is 4.79 Å². The number of likely N-dealkylation sites (N-methyl/N-ethyl adjacent to an activating group) is 1. The summed E-state index contributed by atoms with van der Waals surface area (Å²) >= 11 is 1.81. The first-order valence-corrected chi connectivity index (χ1v) is 8.61. The number of carbonyl (C=O) groups is 1. The van der Waals surface area contributed by atoms with Crippen molar-refractivity contribution in [2.24, 2.45) is 0 Å². The zero-order valence-corrected chi connectivity index (χ0v) is 14.7. The van der Waals surface area contributed by atoms with E-state index in [1.807, 2.05) is 36.0 Å². The van der Waals surface area contributed by atoms with Crippen LogP contribution >= 0.6 is 11.8 Å². The van der Waals surface area contributed by atoms with Gasteiger partial charge in [0.15, 0.2) is 0 Å². The van der Waals surface area contributed by atoms with Crippen LogP contribution in [0.3, 0.4) is 0 Å². The second kappa shape index (κ2) is 9.11. The maximum atomic E-state index is 12.1.